The fourth-order valence-corrected chi connectivity index (χ4v) is 5.55. The van der Waals surface area contributed by atoms with Crippen molar-refractivity contribution in [3.63, 3.8) is 0 Å². The summed E-state index contributed by atoms with van der Waals surface area (Å²) in [6, 6.07) is 8.14. The van der Waals surface area contributed by atoms with Gasteiger partial charge in [-0.25, -0.2) is 0 Å². The van der Waals surface area contributed by atoms with Gasteiger partial charge in [0, 0.05) is 6.54 Å². The number of ether oxygens (including phenoxy) is 4. The minimum Gasteiger partial charge on any atom is -0.493 e. The van der Waals surface area contributed by atoms with Crippen LogP contribution in [0.4, 0.5) is 0 Å². The fourth-order valence-electron chi connectivity index (χ4n) is 5.55. The number of amides is 1. The molecule has 1 fully saturated rings. The Morgan fingerprint density at radius 3 is 1.94 bits per heavy atom. The number of hydrogen-bond donors (Lipinski definition) is 0. The zero-order chi connectivity index (χ0) is 21.9. The van der Waals surface area contributed by atoms with E-state index in [9.17, 15) is 4.79 Å². The van der Waals surface area contributed by atoms with Gasteiger partial charge in [-0.2, -0.15) is 0 Å². The molecule has 2 aromatic carbocycles. The first-order valence-corrected chi connectivity index (χ1v) is 10.5. The molecule has 31 heavy (non-hydrogen) atoms. The van der Waals surface area contributed by atoms with Crippen molar-refractivity contribution in [2.75, 3.05) is 35.5 Å². The Morgan fingerprint density at radius 1 is 0.774 bits per heavy atom. The van der Waals surface area contributed by atoms with Crippen LogP contribution in [-0.4, -0.2) is 63.3 Å². The second-order valence-corrected chi connectivity index (χ2v) is 8.45. The lowest BCUT2D eigenvalue weighted by Gasteiger charge is -2.55. The Kier molecular flexibility index (Phi) is 4.73. The average molecular weight is 424 g/mol. The summed E-state index contributed by atoms with van der Waals surface area (Å²) in [5.74, 6) is 3.03. The Morgan fingerprint density at radius 2 is 1.32 bits per heavy atom. The van der Waals surface area contributed by atoms with E-state index in [-0.39, 0.29) is 24.0 Å². The van der Waals surface area contributed by atoms with Gasteiger partial charge in [0.15, 0.2) is 23.0 Å². The van der Waals surface area contributed by atoms with E-state index in [2.05, 4.69) is 29.0 Å². The molecule has 0 aliphatic carbocycles. The smallest absolute Gasteiger partial charge is 0.240 e. The van der Waals surface area contributed by atoms with Crippen LogP contribution < -0.4 is 18.9 Å². The van der Waals surface area contributed by atoms with E-state index in [4.69, 9.17) is 18.9 Å². The molecule has 3 atom stereocenters. The van der Waals surface area contributed by atoms with E-state index in [0.29, 0.717) is 24.5 Å². The highest BCUT2D eigenvalue weighted by Crippen LogP contribution is 2.47. The topological polar surface area (TPSA) is 60.5 Å². The Balaban J connectivity index is 1.62. The first kappa shape index (κ1) is 20.0. The number of fused-ring (bicyclic) bond motifs is 7. The molecular weight excluding hydrogens is 396 g/mol. The highest BCUT2D eigenvalue weighted by Gasteiger charge is 2.51. The maximum Gasteiger partial charge on any atom is 0.240 e. The van der Waals surface area contributed by atoms with Gasteiger partial charge in [-0.1, -0.05) is 0 Å². The van der Waals surface area contributed by atoms with Crippen molar-refractivity contribution < 1.29 is 23.7 Å². The molecule has 3 heterocycles. The summed E-state index contributed by atoms with van der Waals surface area (Å²) in [5.41, 5.74) is 4.70. The summed E-state index contributed by atoms with van der Waals surface area (Å²) < 4.78 is 22.1. The minimum atomic E-state index is -0.173. The third kappa shape index (κ3) is 2.86. The second kappa shape index (κ2) is 7.34. The predicted octanol–water partition coefficient (Wildman–Crippen LogP) is 2.59. The SMILES string of the molecule is COc1cc2c(cc1OC)CN1C(=O)[C@@H]3Cc4cc(OC)c(OC)cc4[C@H]([C@@H]1C2)N3C. The van der Waals surface area contributed by atoms with Gasteiger partial charge >= 0.3 is 0 Å². The third-order valence-electron chi connectivity index (χ3n) is 7.12. The summed E-state index contributed by atoms with van der Waals surface area (Å²) >= 11 is 0. The van der Waals surface area contributed by atoms with Gasteiger partial charge in [0.2, 0.25) is 5.91 Å². The molecule has 2 aromatic rings. The Labute approximate surface area is 182 Å². The molecule has 7 heteroatoms. The van der Waals surface area contributed by atoms with E-state index in [1.165, 1.54) is 11.1 Å². The molecule has 7 nitrogen and oxygen atoms in total. The van der Waals surface area contributed by atoms with Crippen molar-refractivity contribution in [1.29, 1.82) is 0 Å². The van der Waals surface area contributed by atoms with Gasteiger partial charge in [-0.05, 0) is 66.4 Å². The number of hydrogen-bond acceptors (Lipinski definition) is 6. The van der Waals surface area contributed by atoms with E-state index < -0.39 is 0 Å². The standard InChI is InChI=1S/C24H28N2O5/c1-25-18-7-14-9-20(29-3)22(31-5)11-16(14)23(25)17-6-13-8-19(28-2)21(30-4)10-15(13)12-26(17)24(18)27/h8-11,17-18,23H,6-7,12H2,1-5H3/t17-,18-,23+/m0/s1. The number of likely N-dealkylation sites (N-methyl/N-ethyl adjacent to an activating group) is 1. The number of nitrogens with zero attached hydrogens (tertiary/aromatic N) is 2. The molecule has 0 saturated carbocycles. The van der Waals surface area contributed by atoms with Crippen LogP contribution in [-0.2, 0) is 24.2 Å². The number of piperazine rings is 1. The number of carbonyl (C=O) groups excluding carboxylic acids is 1. The molecule has 1 saturated heterocycles. The number of carbonyl (C=O) groups is 1. The minimum absolute atomic E-state index is 0.0384. The van der Waals surface area contributed by atoms with Gasteiger partial charge in [0.05, 0.1) is 46.6 Å². The van der Waals surface area contributed by atoms with Crippen LogP contribution in [0.3, 0.4) is 0 Å². The van der Waals surface area contributed by atoms with Crippen molar-refractivity contribution in [2.45, 2.75) is 37.5 Å². The number of benzene rings is 2. The lowest BCUT2D eigenvalue weighted by molar-refractivity contribution is -0.152. The zero-order valence-corrected chi connectivity index (χ0v) is 18.6. The molecule has 1 amide bonds. The van der Waals surface area contributed by atoms with Crippen LogP contribution >= 0.6 is 0 Å². The van der Waals surface area contributed by atoms with Crippen LogP contribution in [0.15, 0.2) is 24.3 Å². The van der Waals surface area contributed by atoms with E-state index in [0.717, 1.165) is 29.0 Å². The van der Waals surface area contributed by atoms with Crippen molar-refractivity contribution in [3.8, 4) is 23.0 Å². The molecular formula is C24H28N2O5. The van der Waals surface area contributed by atoms with Crippen LogP contribution in [0.1, 0.15) is 28.3 Å². The normalized spacial score (nSPS) is 24.1. The van der Waals surface area contributed by atoms with Crippen LogP contribution in [0, 0.1) is 0 Å². The third-order valence-corrected chi connectivity index (χ3v) is 7.12. The molecule has 0 radical (unpaired) electrons. The maximum absolute atomic E-state index is 13.5. The lowest BCUT2D eigenvalue weighted by atomic mass is 9.76. The molecule has 5 rings (SSSR count). The monoisotopic (exact) mass is 424 g/mol. The Hall–Kier alpha value is -2.93. The summed E-state index contributed by atoms with van der Waals surface area (Å²) in [5, 5.41) is 0. The molecule has 0 spiro atoms. The van der Waals surface area contributed by atoms with Crippen LogP contribution in [0.5, 0.6) is 23.0 Å². The summed E-state index contributed by atoms with van der Waals surface area (Å²) in [6.07, 6.45) is 1.43. The van der Waals surface area contributed by atoms with Crippen molar-refractivity contribution in [3.05, 3.63) is 46.5 Å². The summed E-state index contributed by atoms with van der Waals surface area (Å²) in [7, 11) is 8.66. The first-order chi connectivity index (χ1) is 15.0. The molecule has 0 unspecified atom stereocenters. The van der Waals surface area contributed by atoms with Crippen LogP contribution in [0.2, 0.25) is 0 Å². The molecule has 164 valence electrons. The first-order valence-electron chi connectivity index (χ1n) is 10.5. The summed E-state index contributed by atoms with van der Waals surface area (Å²) in [6.45, 7) is 0.586. The fraction of sp³-hybridized carbons (Fsp3) is 0.458. The quantitative estimate of drug-likeness (QED) is 0.752. The molecule has 0 N–H and O–H groups in total. The van der Waals surface area contributed by atoms with Gasteiger partial charge < -0.3 is 23.8 Å². The largest absolute Gasteiger partial charge is 0.493 e. The predicted molar refractivity (Wildman–Crippen MR) is 115 cm³/mol. The van der Waals surface area contributed by atoms with E-state index in [1.807, 2.05) is 12.1 Å². The number of rotatable bonds is 4. The highest BCUT2D eigenvalue weighted by atomic mass is 16.5. The zero-order valence-electron chi connectivity index (χ0n) is 18.6. The van der Waals surface area contributed by atoms with Crippen LogP contribution in [0.25, 0.3) is 0 Å². The van der Waals surface area contributed by atoms with Gasteiger partial charge in [0.25, 0.3) is 0 Å². The average Bonchev–Trinajstić information content (AvgIpc) is 2.79. The van der Waals surface area contributed by atoms with Gasteiger partial charge in [0.1, 0.15) is 0 Å². The van der Waals surface area contributed by atoms with E-state index in [1.54, 1.807) is 28.4 Å². The Bertz CT molecular complexity index is 1050. The molecule has 3 aliphatic heterocycles. The molecule has 0 aromatic heterocycles. The lowest BCUT2D eigenvalue weighted by Crippen LogP contribution is -2.65. The second-order valence-electron chi connectivity index (χ2n) is 8.45. The van der Waals surface area contributed by atoms with Crippen molar-refractivity contribution in [2.24, 2.45) is 0 Å². The van der Waals surface area contributed by atoms with Crippen molar-refractivity contribution in [1.82, 2.24) is 9.80 Å². The summed E-state index contributed by atoms with van der Waals surface area (Å²) in [4.78, 5) is 17.8. The number of methoxy groups -OCH3 is 4. The molecule has 3 aliphatic rings. The van der Waals surface area contributed by atoms with Gasteiger partial charge in [-0.15, -0.1) is 0 Å². The molecule has 2 bridgehead atoms. The van der Waals surface area contributed by atoms with Gasteiger partial charge in [-0.3, -0.25) is 9.69 Å². The highest BCUT2D eigenvalue weighted by molar-refractivity contribution is 5.85. The van der Waals surface area contributed by atoms with Crippen molar-refractivity contribution >= 4 is 5.91 Å². The maximum atomic E-state index is 13.5. The van der Waals surface area contributed by atoms with E-state index >= 15 is 0 Å².